The van der Waals surface area contributed by atoms with E-state index >= 15 is 0 Å². The van der Waals surface area contributed by atoms with Crippen LogP contribution in [0.15, 0.2) is 111 Å². The van der Waals surface area contributed by atoms with Crippen LogP contribution >= 0.6 is 15.9 Å². The maximum atomic E-state index is 13.9. The van der Waals surface area contributed by atoms with Gasteiger partial charge in [0.15, 0.2) is 0 Å². The van der Waals surface area contributed by atoms with E-state index in [0.29, 0.717) is 4.47 Å². The molecule has 5 aromatic rings. The summed E-state index contributed by atoms with van der Waals surface area (Å²) in [7, 11) is 0. The third-order valence-electron chi connectivity index (χ3n) is 5.57. The molecule has 0 aliphatic carbocycles. The maximum Gasteiger partial charge on any atom is 0.453 e. The third kappa shape index (κ3) is 5.19. The van der Waals surface area contributed by atoms with Gasteiger partial charge in [0.05, 0.1) is 10.9 Å². The van der Waals surface area contributed by atoms with Gasteiger partial charge in [-0.15, -0.1) is 0 Å². The van der Waals surface area contributed by atoms with Crippen LogP contribution in [0, 0.1) is 0 Å². The van der Waals surface area contributed by atoms with Crippen LogP contribution in [-0.4, -0.2) is 5.97 Å². The first-order valence-electron chi connectivity index (χ1n) is 11.2. The van der Waals surface area contributed by atoms with Gasteiger partial charge in [-0.2, -0.15) is 13.2 Å². The van der Waals surface area contributed by atoms with Gasteiger partial charge in [-0.25, -0.2) is 4.79 Å². The number of rotatable bonds is 5. The van der Waals surface area contributed by atoms with Crippen molar-refractivity contribution >= 4 is 32.9 Å². The van der Waals surface area contributed by atoms with E-state index in [0.717, 1.165) is 17.2 Å². The Hall–Kier alpha value is -4.37. The third-order valence-corrected chi connectivity index (χ3v) is 6.26. The number of benzene rings is 4. The van der Waals surface area contributed by atoms with Crippen molar-refractivity contribution in [3.63, 3.8) is 0 Å². The highest BCUT2D eigenvalue weighted by Crippen LogP contribution is 2.39. The molecule has 0 amide bonds. The van der Waals surface area contributed by atoms with Gasteiger partial charge in [0.25, 0.3) is 5.76 Å². The van der Waals surface area contributed by atoms with Crippen molar-refractivity contribution in [2.75, 3.05) is 0 Å². The van der Waals surface area contributed by atoms with Gasteiger partial charge in [0.2, 0.25) is 11.2 Å². The fraction of sp³-hybridized carbons (Fsp3) is 0.0345. The summed E-state index contributed by atoms with van der Waals surface area (Å²) < 4.78 is 58.0. The molecule has 1 aromatic heterocycles. The van der Waals surface area contributed by atoms with Crippen molar-refractivity contribution in [2.45, 2.75) is 6.18 Å². The van der Waals surface area contributed by atoms with Crippen molar-refractivity contribution in [1.29, 1.82) is 0 Å². The number of halogens is 4. The standard InChI is InChI=1S/C29H16BrF3O5/c30-23-9-5-4-8-21(23)28(35)37-20-14-15-22-24(16-20)38-27(29(31,32)33)26(25(22)34)36-19-12-10-18(11-13-19)17-6-2-1-3-7-17/h1-16H. The lowest BCUT2D eigenvalue weighted by molar-refractivity contribution is -0.154. The van der Waals surface area contributed by atoms with E-state index in [2.05, 4.69) is 15.9 Å². The first-order valence-corrected chi connectivity index (χ1v) is 12.0. The molecular weight excluding hydrogens is 565 g/mol. The number of alkyl halides is 3. The molecule has 0 radical (unpaired) electrons. The van der Waals surface area contributed by atoms with E-state index in [-0.39, 0.29) is 22.4 Å². The molecule has 9 heteroatoms. The summed E-state index contributed by atoms with van der Waals surface area (Å²) in [5.41, 5.74) is 0.522. The zero-order valence-electron chi connectivity index (χ0n) is 19.3. The number of hydrogen-bond donors (Lipinski definition) is 0. The Morgan fingerprint density at radius 2 is 1.42 bits per heavy atom. The largest absolute Gasteiger partial charge is 0.453 e. The Balaban J connectivity index is 1.49. The monoisotopic (exact) mass is 580 g/mol. The van der Waals surface area contributed by atoms with E-state index in [4.69, 9.17) is 13.9 Å². The highest BCUT2D eigenvalue weighted by molar-refractivity contribution is 9.10. The zero-order valence-corrected chi connectivity index (χ0v) is 20.9. The van der Waals surface area contributed by atoms with Gasteiger partial charge < -0.3 is 13.9 Å². The van der Waals surface area contributed by atoms with Gasteiger partial charge in [-0.3, -0.25) is 4.79 Å². The van der Waals surface area contributed by atoms with Crippen LogP contribution in [0.1, 0.15) is 16.1 Å². The number of ether oxygens (including phenoxy) is 2. The molecule has 0 bridgehead atoms. The highest BCUT2D eigenvalue weighted by atomic mass is 79.9. The smallest absolute Gasteiger partial charge is 0.449 e. The van der Waals surface area contributed by atoms with Gasteiger partial charge in [0, 0.05) is 10.5 Å². The van der Waals surface area contributed by atoms with Gasteiger partial charge in [0.1, 0.15) is 17.1 Å². The lowest BCUT2D eigenvalue weighted by atomic mass is 10.1. The quantitative estimate of drug-likeness (QED) is 0.155. The van der Waals surface area contributed by atoms with Crippen molar-refractivity contribution < 1.29 is 31.9 Å². The Morgan fingerprint density at radius 3 is 2.11 bits per heavy atom. The summed E-state index contributed by atoms with van der Waals surface area (Å²) in [5.74, 6) is -3.40. The molecule has 0 unspecified atom stereocenters. The Morgan fingerprint density at radius 1 is 0.789 bits per heavy atom. The number of fused-ring (bicyclic) bond motifs is 1. The number of carbonyl (C=O) groups excluding carboxylic acids is 1. The van der Waals surface area contributed by atoms with Crippen LogP contribution in [0.4, 0.5) is 13.2 Å². The van der Waals surface area contributed by atoms with E-state index in [9.17, 15) is 22.8 Å². The van der Waals surface area contributed by atoms with Crippen LogP contribution < -0.4 is 14.9 Å². The first-order chi connectivity index (χ1) is 18.2. The highest BCUT2D eigenvalue weighted by Gasteiger charge is 2.40. The van der Waals surface area contributed by atoms with Crippen LogP contribution in [-0.2, 0) is 6.18 Å². The summed E-state index contributed by atoms with van der Waals surface area (Å²) in [4.78, 5) is 25.6. The summed E-state index contributed by atoms with van der Waals surface area (Å²) in [6, 6.07) is 25.7. The van der Waals surface area contributed by atoms with Crippen LogP contribution in [0.5, 0.6) is 17.2 Å². The summed E-state index contributed by atoms with van der Waals surface area (Å²) in [6.45, 7) is 0. The molecule has 0 saturated carbocycles. The second kappa shape index (κ2) is 10.2. The molecule has 0 atom stereocenters. The minimum absolute atomic E-state index is 0.0285. The molecule has 0 N–H and O–H groups in total. The SMILES string of the molecule is O=C(Oc1ccc2c(=O)c(Oc3ccc(-c4ccccc4)cc3)c(C(F)(F)F)oc2c1)c1ccccc1Br. The molecule has 190 valence electrons. The maximum absolute atomic E-state index is 13.9. The molecule has 5 nitrogen and oxygen atoms in total. The summed E-state index contributed by atoms with van der Waals surface area (Å²) in [6.07, 6.45) is -5.03. The van der Waals surface area contributed by atoms with Crippen LogP contribution in [0.2, 0.25) is 0 Å². The number of esters is 1. The molecule has 38 heavy (non-hydrogen) atoms. The summed E-state index contributed by atoms with van der Waals surface area (Å²) in [5, 5.41) is -0.172. The second-order valence-corrected chi connectivity index (χ2v) is 8.96. The second-order valence-electron chi connectivity index (χ2n) is 8.11. The average molecular weight is 581 g/mol. The summed E-state index contributed by atoms with van der Waals surface area (Å²) >= 11 is 3.24. The van der Waals surface area contributed by atoms with Crippen molar-refractivity contribution in [3.8, 4) is 28.4 Å². The lowest BCUT2D eigenvalue weighted by Gasteiger charge is -2.14. The first kappa shape index (κ1) is 25.3. The topological polar surface area (TPSA) is 65.7 Å². The van der Waals surface area contributed by atoms with E-state index in [1.807, 2.05) is 30.3 Å². The Labute approximate surface area is 222 Å². The molecule has 0 aliphatic heterocycles. The lowest BCUT2D eigenvalue weighted by Crippen LogP contribution is -2.15. The fourth-order valence-electron chi connectivity index (χ4n) is 3.75. The molecule has 1 heterocycles. The Bertz CT molecular complexity index is 1690. The van der Waals surface area contributed by atoms with E-state index in [1.165, 1.54) is 30.3 Å². The van der Waals surface area contributed by atoms with Gasteiger partial charge in [-0.1, -0.05) is 54.6 Å². The minimum atomic E-state index is -5.03. The number of hydrogen-bond acceptors (Lipinski definition) is 5. The molecule has 4 aromatic carbocycles. The zero-order chi connectivity index (χ0) is 26.9. The normalized spacial score (nSPS) is 11.4. The van der Waals surface area contributed by atoms with Gasteiger partial charge >= 0.3 is 12.1 Å². The Kier molecular flexibility index (Phi) is 6.77. The predicted molar refractivity (Wildman–Crippen MR) is 139 cm³/mol. The molecule has 0 fully saturated rings. The average Bonchev–Trinajstić information content (AvgIpc) is 2.90. The molecule has 5 rings (SSSR count). The van der Waals surface area contributed by atoms with E-state index in [1.54, 1.807) is 30.3 Å². The van der Waals surface area contributed by atoms with Crippen molar-refractivity contribution in [3.05, 3.63) is 123 Å². The molecular formula is C29H16BrF3O5. The van der Waals surface area contributed by atoms with Crippen molar-refractivity contribution in [1.82, 2.24) is 0 Å². The van der Waals surface area contributed by atoms with Crippen molar-refractivity contribution in [2.24, 2.45) is 0 Å². The predicted octanol–water partition coefficient (Wildman–Crippen LogP) is 8.25. The molecule has 0 spiro atoms. The number of carbonyl (C=O) groups is 1. The fourth-order valence-corrected chi connectivity index (χ4v) is 4.20. The van der Waals surface area contributed by atoms with Crippen LogP contribution in [0.25, 0.3) is 22.1 Å². The van der Waals surface area contributed by atoms with Gasteiger partial charge in [-0.05, 0) is 63.5 Å². The van der Waals surface area contributed by atoms with Crippen LogP contribution in [0.3, 0.4) is 0 Å². The molecule has 0 aliphatic rings. The minimum Gasteiger partial charge on any atom is -0.449 e. The molecule has 0 saturated heterocycles. The van der Waals surface area contributed by atoms with E-state index < -0.39 is 34.7 Å².